The number of carbonyl (C=O) groups excluding carboxylic acids is 2. The molecule has 7 nitrogen and oxygen atoms in total. The third-order valence-corrected chi connectivity index (χ3v) is 5.37. The Labute approximate surface area is 176 Å². The lowest BCUT2D eigenvalue weighted by atomic mass is 10.2. The molecule has 148 valence electrons. The van der Waals surface area contributed by atoms with Crippen LogP contribution in [0.25, 0.3) is 6.08 Å². The number of anilines is 1. The first-order valence-corrected chi connectivity index (χ1v) is 9.63. The van der Waals surface area contributed by atoms with Gasteiger partial charge in [0.05, 0.1) is 17.6 Å². The molecule has 0 aliphatic carbocycles. The lowest BCUT2D eigenvalue weighted by molar-refractivity contribution is -0.126. The number of hydrogen-bond acceptors (Lipinski definition) is 6. The number of thiocarbonyl (C=S) groups is 1. The molecule has 2 aromatic carbocycles. The van der Waals surface area contributed by atoms with Gasteiger partial charge in [0.2, 0.25) is 5.91 Å². The molecule has 1 saturated heterocycles. The van der Waals surface area contributed by atoms with Crippen molar-refractivity contribution in [3.8, 4) is 5.75 Å². The highest BCUT2D eigenvalue weighted by molar-refractivity contribution is 8.26. The van der Waals surface area contributed by atoms with Gasteiger partial charge in [0, 0.05) is 11.3 Å². The molecular formula is C20H16N2O5S2. The molecule has 1 fully saturated rings. The molecular weight excluding hydrogens is 412 g/mol. The van der Waals surface area contributed by atoms with Crippen molar-refractivity contribution in [3.63, 3.8) is 0 Å². The predicted octanol–water partition coefficient (Wildman–Crippen LogP) is 3.23. The van der Waals surface area contributed by atoms with Crippen molar-refractivity contribution in [1.29, 1.82) is 0 Å². The van der Waals surface area contributed by atoms with Gasteiger partial charge in [0.1, 0.15) is 16.6 Å². The maximum atomic E-state index is 12.7. The summed E-state index contributed by atoms with van der Waals surface area (Å²) >= 11 is 6.35. The highest BCUT2D eigenvalue weighted by atomic mass is 32.2. The molecule has 0 unspecified atom stereocenters. The Kier molecular flexibility index (Phi) is 6.30. The van der Waals surface area contributed by atoms with E-state index in [2.05, 4.69) is 5.32 Å². The summed E-state index contributed by atoms with van der Waals surface area (Å²) in [6, 6.07) is 13.1. The summed E-state index contributed by atoms with van der Waals surface area (Å²) in [4.78, 5) is 37.7. The number of hydrogen-bond donors (Lipinski definition) is 2. The minimum atomic E-state index is -1.10. The summed E-state index contributed by atoms with van der Waals surface area (Å²) in [6.45, 7) is -0.273. The van der Waals surface area contributed by atoms with Gasteiger partial charge in [-0.2, -0.15) is 0 Å². The fraction of sp³-hybridized carbons (Fsp3) is 0.100. The smallest absolute Gasteiger partial charge is 0.335 e. The number of benzene rings is 2. The van der Waals surface area contributed by atoms with E-state index >= 15 is 0 Å². The second kappa shape index (κ2) is 8.89. The molecule has 1 heterocycles. The fourth-order valence-corrected chi connectivity index (χ4v) is 3.88. The van der Waals surface area contributed by atoms with Gasteiger partial charge in [-0.15, -0.1) is 0 Å². The molecule has 3 rings (SSSR count). The van der Waals surface area contributed by atoms with Crippen molar-refractivity contribution in [3.05, 3.63) is 64.6 Å². The molecule has 2 N–H and O–H groups in total. The van der Waals surface area contributed by atoms with Crippen molar-refractivity contribution >= 4 is 57.8 Å². The highest BCUT2D eigenvalue weighted by Gasteiger charge is 2.33. The number of para-hydroxylation sites is 1. The Morgan fingerprint density at radius 1 is 1.24 bits per heavy atom. The van der Waals surface area contributed by atoms with E-state index in [0.29, 0.717) is 16.3 Å². The van der Waals surface area contributed by atoms with Crippen LogP contribution in [0.4, 0.5) is 5.69 Å². The van der Waals surface area contributed by atoms with Crippen LogP contribution in [0.15, 0.2) is 53.4 Å². The molecule has 0 saturated carbocycles. The average Bonchev–Trinajstić information content (AvgIpc) is 2.96. The summed E-state index contributed by atoms with van der Waals surface area (Å²) < 4.78 is 5.55. The Morgan fingerprint density at radius 3 is 2.72 bits per heavy atom. The van der Waals surface area contributed by atoms with Crippen LogP contribution >= 0.6 is 24.0 Å². The van der Waals surface area contributed by atoms with E-state index in [1.54, 1.807) is 25.3 Å². The molecule has 0 bridgehead atoms. The standard InChI is InChI=1S/C20H16N2O5S2/c1-27-15-8-3-2-5-12(15)10-16-18(24)22(20(28)29-16)11-17(23)21-14-7-4-6-13(9-14)19(25)26/h2-10H,11H2,1H3,(H,21,23)(H,25,26)/b16-10-. The second-order valence-electron chi connectivity index (χ2n) is 5.94. The van der Waals surface area contributed by atoms with Crippen LogP contribution in [0, 0.1) is 0 Å². The molecule has 29 heavy (non-hydrogen) atoms. The fourth-order valence-electron chi connectivity index (χ4n) is 2.64. The van der Waals surface area contributed by atoms with Gasteiger partial charge in [0.25, 0.3) is 5.91 Å². The number of amides is 2. The van der Waals surface area contributed by atoms with Crippen LogP contribution in [-0.4, -0.2) is 45.8 Å². The van der Waals surface area contributed by atoms with Gasteiger partial charge in [-0.25, -0.2) is 4.79 Å². The van der Waals surface area contributed by atoms with Crippen LogP contribution in [0.5, 0.6) is 5.75 Å². The average molecular weight is 428 g/mol. The topological polar surface area (TPSA) is 95.9 Å². The zero-order valence-corrected chi connectivity index (χ0v) is 16.9. The first kappa shape index (κ1) is 20.6. The molecule has 1 aliphatic rings. The summed E-state index contributed by atoms with van der Waals surface area (Å²) in [5.41, 5.74) is 1.10. The zero-order chi connectivity index (χ0) is 21.0. The van der Waals surface area contributed by atoms with E-state index in [1.165, 1.54) is 23.1 Å². The molecule has 9 heteroatoms. The Morgan fingerprint density at radius 2 is 2.00 bits per heavy atom. The van der Waals surface area contributed by atoms with Gasteiger partial charge in [-0.3, -0.25) is 14.5 Å². The number of carbonyl (C=O) groups is 3. The summed E-state index contributed by atoms with van der Waals surface area (Å²) in [5, 5.41) is 11.6. The van der Waals surface area contributed by atoms with E-state index < -0.39 is 11.9 Å². The molecule has 0 aromatic heterocycles. The number of methoxy groups -OCH3 is 1. The lowest BCUT2D eigenvalue weighted by Gasteiger charge is -2.14. The third kappa shape index (κ3) is 4.82. The van der Waals surface area contributed by atoms with E-state index in [9.17, 15) is 14.4 Å². The van der Waals surface area contributed by atoms with Crippen molar-refractivity contribution in [2.24, 2.45) is 0 Å². The van der Waals surface area contributed by atoms with Gasteiger partial charge in [-0.05, 0) is 30.3 Å². The number of carboxylic acids is 1. The van der Waals surface area contributed by atoms with Crippen LogP contribution in [-0.2, 0) is 9.59 Å². The minimum Gasteiger partial charge on any atom is -0.496 e. The number of rotatable bonds is 6. The van der Waals surface area contributed by atoms with Gasteiger partial charge in [-0.1, -0.05) is 48.2 Å². The number of nitrogens with zero attached hydrogens (tertiary/aromatic N) is 1. The highest BCUT2D eigenvalue weighted by Crippen LogP contribution is 2.34. The first-order chi connectivity index (χ1) is 13.9. The van der Waals surface area contributed by atoms with E-state index in [0.717, 1.165) is 17.3 Å². The maximum Gasteiger partial charge on any atom is 0.335 e. The van der Waals surface area contributed by atoms with Gasteiger partial charge < -0.3 is 15.2 Å². The molecule has 0 spiro atoms. The van der Waals surface area contributed by atoms with Gasteiger partial charge >= 0.3 is 5.97 Å². The normalized spacial score (nSPS) is 14.9. The van der Waals surface area contributed by atoms with Crippen LogP contribution in [0.1, 0.15) is 15.9 Å². The molecule has 0 atom stereocenters. The Balaban J connectivity index is 1.72. The van der Waals surface area contributed by atoms with E-state index in [1.807, 2.05) is 18.2 Å². The predicted molar refractivity (Wildman–Crippen MR) is 115 cm³/mol. The third-order valence-electron chi connectivity index (χ3n) is 3.99. The summed E-state index contributed by atoms with van der Waals surface area (Å²) in [7, 11) is 1.54. The molecule has 2 amide bonds. The number of thioether (sulfide) groups is 1. The van der Waals surface area contributed by atoms with Crippen molar-refractivity contribution in [1.82, 2.24) is 4.90 Å². The molecule has 2 aromatic rings. The van der Waals surface area contributed by atoms with Gasteiger partial charge in [0.15, 0.2) is 0 Å². The first-order valence-electron chi connectivity index (χ1n) is 8.40. The second-order valence-corrected chi connectivity index (χ2v) is 7.62. The largest absolute Gasteiger partial charge is 0.496 e. The number of nitrogens with one attached hydrogen (secondary N) is 1. The zero-order valence-electron chi connectivity index (χ0n) is 15.2. The Hall–Kier alpha value is -3.17. The number of carboxylic acid groups (broad SMARTS) is 1. The Bertz CT molecular complexity index is 1040. The van der Waals surface area contributed by atoms with E-state index in [4.69, 9.17) is 22.1 Å². The van der Waals surface area contributed by atoms with Crippen molar-refractivity contribution in [2.45, 2.75) is 0 Å². The molecule has 1 aliphatic heterocycles. The molecule has 0 radical (unpaired) electrons. The SMILES string of the molecule is COc1ccccc1/C=C1\SC(=S)N(CC(=O)Nc2cccc(C(=O)O)c2)C1=O. The quantitative estimate of drug-likeness (QED) is 0.539. The summed E-state index contributed by atoms with van der Waals surface area (Å²) in [6.07, 6.45) is 1.67. The van der Waals surface area contributed by atoms with E-state index in [-0.39, 0.29) is 22.3 Å². The number of ether oxygens (including phenoxy) is 1. The van der Waals surface area contributed by atoms with Crippen LogP contribution in [0.2, 0.25) is 0 Å². The van der Waals surface area contributed by atoms with Crippen LogP contribution in [0.3, 0.4) is 0 Å². The minimum absolute atomic E-state index is 0.0492. The van der Waals surface area contributed by atoms with Crippen LogP contribution < -0.4 is 10.1 Å². The summed E-state index contributed by atoms with van der Waals surface area (Å²) in [5.74, 6) is -1.34. The number of aromatic carboxylic acids is 1. The lowest BCUT2D eigenvalue weighted by Crippen LogP contribution is -2.36. The monoisotopic (exact) mass is 428 g/mol. The maximum absolute atomic E-state index is 12.7. The van der Waals surface area contributed by atoms with Crippen molar-refractivity contribution in [2.75, 3.05) is 19.0 Å². The van der Waals surface area contributed by atoms with Crippen molar-refractivity contribution < 1.29 is 24.2 Å².